The molecule has 1 aliphatic carbocycles. The molecule has 5 nitrogen and oxygen atoms in total. The predicted octanol–water partition coefficient (Wildman–Crippen LogP) is 2.48. The molecular formula is C18H28N4O. The van der Waals surface area contributed by atoms with Crippen LogP contribution in [0.15, 0.2) is 12.4 Å². The van der Waals surface area contributed by atoms with E-state index in [4.69, 9.17) is 4.74 Å². The first-order chi connectivity index (χ1) is 11.2. The number of likely N-dealkylation sites (tertiary alicyclic amines) is 1. The van der Waals surface area contributed by atoms with Gasteiger partial charge in [0.15, 0.2) is 0 Å². The molecule has 0 radical (unpaired) electrons. The number of nitrogens with zero attached hydrogens (tertiary/aromatic N) is 3. The summed E-state index contributed by atoms with van der Waals surface area (Å²) in [4.78, 5) is 11.2. The molecule has 0 amide bonds. The molecule has 1 N–H and O–H groups in total. The van der Waals surface area contributed by atoms with Gasteiger partial charge in [0, 0.05) is 45.2 Å². The van der Waals surface area contributed by atoms with Crippen LogP contribution in [0.25, 0.3) is 0 Å². The number of hydrogen-bond donors (Lipinski definition) is 1. The zero-order chi connectivity index (χ0) is 15.7. The lowest BCUT2D eigenvalue weighted by Crippen LogP contribution is -2.65. The summed E-state index contributed by atoms with van der Waals surface area (Å²) in [5.41, 5.74) is 1.25. The monoisotopic (exact) mass is 316 g/mol. The molecule has 0 unspecified atom stereocenters. The Labute approximate surface area is 138 Å². The first-order valence-electron chi connectivity index (χ1n) is 9.12. The van der Waals surface area contributed by atoms with Crippen molar-refractivity contribution in [1.29, 1.82) is 0 Å². The van der Waals surface area contributed by atoms with Crippen molar-refractivity contribution in [2.75, 3.05) is 38.1 Å². The third-order valence-electron chi connectivity index (χ3n) is 5.88. The van der Waals surface area contributed by atoms with Crippen molar-refractivity contribution in [2.24, 2.45) is 11.8 Å². The van der Waals surface area contributed by atoms with Crippen molar-refractivity contribution in [3.8, 4) is 0 Å². The van der Waals surface area contributed by atoms with Gasteiger partial charge >= 0.3 is 0 Å². The molecular weight excluding hydrogens is 288 g/mol. The maximum atomic E-state index is 6.17. The Hall–Kier alpha value is -1.20. The molecule has 1 aromatic rings. The Balaban J connectivity index is 1.23. The van der Waals surface area contributed by atoms with Crippen LogP contribution in [0.2, 0.25) is 0 Å². The number of ether oxygens (including phenoxy) is 1. The van der Waals surface area contributed by atoms with Gasteiger partial charge in [0.25, 0.3) is 0 Å². The van der Waals surface area contributed by atoms with Crippen LogP contribution in [0.5, 0.6) is 0 Å². The van der Waals surface area contributed by atoms with Crippen LogP contribution in [0.1, 0.15) is 37.7 Å². The first kappa shape index (κ1) is 15.3. The maximum absolute atomic E-state index is 6.17. The van der Waals surface area contributed by atoms with E-state index < -0.39 is 0 Å². The van der Waals surface area contributed by atoms with E-state index in [0.29, 0.717) is 5.92 Å². The summed E-state index contributed by atoms with van der Waals surface area (Å²) >= 11 is 0. The summed E-state index contributed by atoms with van der Waals surface area (Å²) in [6, 6.07) is 0. The number of aryl methyl sites for hydroxylation is 1. The molecule has 5 heteroatoms. The highest BCUT2D eigenvalue weighted by molar-refractivity contribution is 5.24. The first-order valence-corrected chi connectivity index (χ1v) is 9.12. The van der Waals surface area contributed by atoms with Crippen molar-refractivity contribution in [3.05, 3.63) is 18.0 Å². The Kier molecular flexibility index (Phi) is 4.24. The lowest BCUT2D eigenvalue weighted by Gasteiger charge is -2.52. The second-order valence-electron chi connectivity index (χ2n) is 7.66. The summed E-state index contributed by atoms with van der Waals surface area (Å²) in [5.74, 6) is 2.38. The van der Waals surface area contributed by atoms with Gasteiger partial charge < -0.3 is 10.1 Å². The second kappa shape index (κ2) is 6.36. The maximum Gasteiger partial charge on any atom is 0.222 e. The molecule has 3 fully saturated rings. The Morgan fingerprint density at radius 1 is 1.26 bits per heavy atom. The summed E-state index contributed by atoms with van der Waals surface area (Å²) < 4.78 is 6.17. The highest BCUT2D eigenvalue weighted by atomic mass is 16.5. The molecule has 4 rings (SSSR count). The standard InChI is InChI=1S/C18H28N4O/c1-14-9-20-17(21-10-14)19-7-5-16-6-8-23-18(16)12-22(13-18)11-15-3-2-4-15/h9-10,15-16H,2-8,11-13H2,1H3,(H,19,20,21)/t16-/m1/s1. The topological polar surface area (TPSA) is 50.3 Å². The molecule has 23 heavy (non-hydrogen) atoms. The Bertz CT molecular complexity index is 522. The van der Waals surface area contributed by atoms with Gasteiger partial charge in [0.1, 0.15) is 0 Å². The van der Waals surface area contributed by atoms with Gasteiger partial charge in [0.05, 0.1) is 5.60 Å². The van der Waals surface area contributed by atoms with E-state index in [2.05, 4.69) is 20.2 Å². The largest absolute Gasteiger partial charge is 0.372 e. The van der Waals surface area contributed by atoms with Gasteiger partial charge in [-0.1, -0.05) is 6.42 Å². The fourth-order valence-corrected chi connectivity index (χ4v) is 4.26. The van der Waals surface area contributed by atoms with Crippen LogP contribution in [-0.2, 0) is 4.74 Å². The molecule has 1 aromatic heterocycles. The molecule has 0 bridgehead atoms. The summed E-state index contributed by atoms with van der Waals surface area (Å²) in [6.07, 6.45) is 10.4. The number of nitrogens with one attached hydrogen (secondary N) is 1. The summed E-state index contributed by atoms with van der Waals surface area (Å²) in [6.45, 7) is 7.47. The number of anilines is 1. The smallest absolute Gasteiger partial charge is 0.222 e. The van der Waals surface area contributed by atoms with Crippen molar-refractivity contribution in [2.45, 2.75) is 44.6 Å². The third-order valence-corrected chi connectivity index (χ3v) is 5.88. The SMILES string of the molecule is Cc1cnc(NCC[C@@H]2CCOC23CN(CC2CCC2)C3)nc1. The highest BCUT2D eigenvalue weighted by Gasteiger charge is 2.52. The normalized spacial score (nSPS) is 26.9. The molecule has 1 saturated carbocycles. The molecule has 3 aliphatic rings. The van der Waals surface area contributed by atoms with Gasteiger partial charge in [-0.25, -0.2) is 9.97 Å². The predicted molar refractivity (Wildman–Crippen MR) is 90.4 cm³/mol. The van der Waals surface area contributed by atoms with Gasteiger partial charge in [-0.15, -0.1) is 0 Å². The Morgan fingerprint density at radius 2 is 2.04 bits per heavy atom. The van der Waals surface area contributed by atoms with E-state index in [1.165, 1.54) is 32.2 Å². The molecule has 1 spiro atoms. The fraction of sp³-hybridized carbons (Fsp3) is 0.778. The quantitative estimate of drug-likeness (QED) is 0.874. The minimum absolute atomic E-state index is 0.152. The van der Waals surface area contributed by atoms with E-state index in [0.717, 1.165) is 50.1 Å². The molecule has 126 valence electrons. The molecule has 2 aliphatic heterocycles. The third kappa shape index (κ3) is 3.22. The van der Waals surface area contributed by atoms with Crippen LogP contribution >= 0.6 is 0 Å². The highest BCUT2D eigenvalue weighted by Crippen LogP contribution is 2.42. The zero-order valence-electron chi connectivity index (χ0n) is 14.1. The van der Waals surface area contributed by atoms with Crippen molar-refractivity contribution in [3.63, 3.8) is 0 Å². The van der Waals surface area contributed by atoms with E-state index in [-0.39, 0.29) is 5.60 Å². The minimum atomic E-state index is 0.152. The van der Waals surface area contributed by atoms with E-state index in [1.807, 2.05) is 19.3 Å². The number of hydrogen-bond acceptors (Lipinski definition) is 5. The summed E-state index contributed by atoms with van der Waals surface area (Å²) in [5, 5.41) is 3.36. The zero-order valence-corrected chi connectivity index (χ0v) is 14.1. The van der Waals surface area contributed by atoms with Crippen molar-refractivity contribution < 1.29 is 4.74 Å². The van der Waals surface area contributed by atoms with E-state index in [9.17, 15) is 0 Å². The molecule has 3 heterocycles. The van der Waals surface area contributed by atoms with Crippen molar-refractivity contribution >= 4 is 5.95 Å². The second-order valence-corrected chi connectivity index (χ2v) is 7.66. The Morgan fingerprint density at radius 3 is 2.74 bits per heavy atom. The van der Waals surface area contributed by atoms with Crippen LogP contribution < -0.4 is 5.32 Å². The van der Waals surface area contributed by atoms with Crippen LogP contribution in [0.4, 0.5) is 5.95 Å². The number of aromatic nitrogens is 2. The van der Waals surface area contributed by atoms with Crippen LogP contribution in [0, 0.1) is 18.8 Å². The van der Waals surface area contributed by atoms with Gasteiger partial charge in [-0.3, -0.25) is 4.90 Å². The van der Waals surface area contributed by atoms with Gasteiger partial charge in [-0.05, 0) is 50.0 Å². The fourth-order valence-electron chi connectivity index (χ4n) is 4.26. The van der Waals surface area contributed by atoms with Crippen LogP contribution in [-0.4, -0.2) is 53.3 Å². The van der Waals surface area contributed by atoms with Crippen LogP contribution in [0.3, 0.4) is 0 Å². The summed E-state index contributed by atoms with van der Waals surface area (Å²) in [7, 11) is 0. The van der Waals surface area contributed by atoms with E-state index >= 15 is 0 Å². The average Bonchev–Trinajstić information content (AvgIpc) is 2.88. The molecule has 1 atom stereocenters. The van der Waals surface area contributed by atoms with Gasteiger partial charge in [0.2, 0.25) is 5.95 Å². The molecule has 2 saturated heterocycles. The molecule has 0 aromatic carbocycles. The lowest BCUT2D eigenvalue weighted by molar-refractivity contribution is -0.139. The average molecular weight is 316 g/mol. The lowest BCUT2D eigenvalue weighted by atomic mass is 9.77. The van der Waals surface area contributed by atoms with E-state index in [1.54, 1.807) is 0 Å². The van der Waals surface area contributed by atoms with Gasteiger partial charge in [-0.2, -0.15) is 0 Å². The number of rotatable bonds is 6. The minimum Gasteiger partial charge on any atom is -0.372 e. The van der Waals surface area contributed by atoms with Crippen molar-refractivity contribution in [1.82, 2.24) is 14.9 Å².